The van der Waals surface area contributed by atoms with Gasteiger partial charge in [-0.2, -0.15) is 13.2 Å². The van der Waals surface area contributed by atoms with E-state index in [1.807, 2.05) is 0 Å². The zero-order valence-corrected chi connectivity index (χ0v) is 16.9. The molecule has 0 radical (unpaired) electrons. The molecule has 0 aliphatic rings. The number of carbonyl (C=O) groups is 1. The fourth-order valence-corrected chi connectivity index (χ4v) is 4.24. The van der Waals surface area contributed by atoms with E-state index in [2.05, 4.69) is 5.32 Å². The summed E-state index contributed by atoms with van der Waals surface area (Å²) in [6.07, 6.45) is -4.75. The molecule has 1 N–H and O–H groups in total. The molecule has 0 atom stereocenters. The molecule has 1 amide bonds. The lowest BCUT2D eigenvalue weighted by molar-refractivity contribution is -0.137. The van der Waals surface area contributed by atoms with Gasteiger partial charge < -0.3 is 5.32 Å². The monoisotopic (exact) mass is 470 g/mol. The van der Waals surface area contributed by atoms with Crippen LogP contribution in [0.4, 0.5) is 33.3 Å². The number of para-hydroxylation sites is 1. The van der Waals surface area contributed by atoms with Crippen LogP contribution >= 0.6 is 0 Å². The first kappa shape index (κ1) is 23.2. The van der Waals surface area contributed by atoms with Gasteiger partial charge in [0.05, 0.1) is 21.8 Å². The van der Waals surface area contributed by atoms with Gasteiger partial charge in [0, 0.05) is 0 Å². The summed E-state index contributed by atoms with van der Waals surface area (Å²) < 4.78 is 92.9. The number of hydrogen-bond donors (Lipinski definition) is 1. The number of amides is 1. The highest BCUT2D eigenvalue weighted by Gasteiger charge is 2.34. The van der Waals surface area contributed by atoms with Gasteiger partial charge in [-0.1, -0.05) is 12.1 Å². The second-order valence-corrected chi connectivity index (χ2v) is 8.40. The molecule has 5 nitrogen and oxygen atoms in total. The summed E-state index contributed by atoms with van der Waals surface area (Å²) in [6.45, 7) is -0.919. The minimum Gasteiger partial charge on any atom is -0.324 e. The van der Waals surface area contributed by atoms with E-state index in [0.717, 1.165) is 66.7 Å². The van der Waals surface area contributed by atoms with E-state index in [4.69, 9.17) is 0 Å². The van der Waals surface area contributed by atoms with Crippen LogP contribution in [0.1, 0.15) is 5.56 Å². The molecular weight excluding hydrogens is 455 g/mol. The molecule has 3 aromatic rings. The Balaban J connectivity index is 1.96. The van der Waals surface area contributed by atoms with Gasteiger partial charge in [0.25, 0.3) is 10.0 Å². The molecule has 168 valence electrons. The molecule has 0 fully saturated rings. The Bertz CT molecular complexity index is 1210. The number of halogens is 5. The number of nitrogens with zero attached hydrogens (tertiary/aromatic N) is 1. The fourth-order valence-electron chi connectivity index (χ4n) is 2.82. The van der Waals surface area contributed by atoms with Crippen molar-refractivity contribution in [1.29, 1.82) is 0 Å². The Morgan fingerprint density at radius 2 is 1.38 bits per heavy atom. The summed E-state index contributed by atoms with van der Waals surface area (Å²) in [5, 5.41) is 2.06. The van der Waals surface area contributed by atoms with Crippen molar-refractivity contribution >= 4 is 27.3 Å². The molecule has 11 heteroatoms. The first-order valence-electron chi connectivity index (χ1n) is 8.98. The van der Waals surface area contributed by atoms with Crippen molar-refractivity contribution in [2.24, 2.45) is 0 Å². The van der Waals surface area contributed by atoms with Crippen LogP contribution in [0.5, 0.6) is 0 Å². The summed E-state index contributed by atoms with van der Waals surface area (Å²) in [7, 11) is -4.45. The lowest BCUT2D eigenvalue weighted by Crippen LogP contribution is -2.38. The Morgan fingerprint density at radius 1 is 0.844 bits per heavy atom. The third-order valence-electron chi connectivity index (χ3n) is 4.31. The van der Waals surface area contributed by atoms with Gasteiger partial charge in [0.1, 0.15) is 18.2 Å². The van der Waals surface area contributed by atoms with Crippen LogP contribution in [0.2, 0.25) is 0 Å². The zero-order valence-electron chi connectivity index (χ0n) is 16.1. The number of anilines is 2. The van der Waals surface area contributed by atoms with Crippen LogP contribution in [-0.2, 0) is 21.0 Å². The van der Waals surface area contributed by atoms with Crippen molar-refractivity contribution in [3.05, 3.63) is 90.0 Å². The van der Waals surface area contributed by atoms with Crippen molar-refractivity contribution in [1.82, 2.24) is 0 Å². The minimum atomic E-state index is -4.75. The Labute approximate surface area is 180 Å². The maximum absolute atomic E-state index is 13.3. The largest absolute Gasteiger partial charge is 0.418 e. The number of carbonyl (C=O) groups excluding carboxylic acids is 1. The van der Waals surface area contributed by atoms with Gasteiger partial charge in [0.2, 0.25) is 5.91 Å². The van der Waals surface area contributed by atoms with E-state index in [-0.39, 0.29) is 10.6 Å². The van der Waals surface area contributed by atoms with Gasteiger partial charge in [-0.25, -0.2) is 17.2 Å². The molecule has 0 saturated heterocycles. The first-order valence-corrected chi connectivity index (χ1v) is 10.4. The van der Waals surface area contributed by atoms with E-state index in [1.165, 1.54) is 6.07 Å². The van der Waals surface area contributed by atoms with Crippen molar-refractivity contribution < 1.29 is 35.2 Å². The Kier molecular flexibility index (Phi) is 6.49. The molecule has 0 aromatic heterocycles. The highest BCUT2D eigenvalue weighted by molar-refractivity contribution is 7.92. The number of alkyl halides is 3. The summed E-state index contributed by atoms with van der Waals surface area (Å²) in [6, 6.07) is 12.0. The van der Waals surface area contributed by atoms with Gasteiger partial charge in [-0.3, -0.25) is 9.10 Å². The van der Waals surface area contributed by atoms with Gasteiger partial charge in [0.15, 0.2) is 0 Å². The third-order valence-corrected chi connectivity index (χ3v) is 6.10. The highest BCUT2D eigenvalue weighted by Crippen LogP contribution is 2.34. The van der Waals surface area contributed by atoms with Crippen LogP contribution in [-0.4, -0.2) is 20.9 Å². The molecule has 0 unspecified atom stereocenters. The molecular formula is C21H15F5N2O3S. The molecule has 0 bridgehead atoms. The van der Waals surface area contributed by atoms with Crippen molar-refractivity contribution in [3.8, 4) is 0 Å². The normalized spacial score (nSPS) is 11.8. The Hall–Kier alpha value is -3.47. The zero-order chi connectivity index (χ0) is 23.5. The average molecular weight is 470 g/mol. The van der Waals surface area contributed by atoms with Crippen LogP contribution in [0.3, 0.4) is 0 Å². The first-order chi connectivity index (χ1) is 15.0. The molecule has 3 rings (SSSR count). The van der Waals surface area contributed by atoms with Gasteiger partial charge in [-0.15, -0.1) is 0 Å². The quantitative estimate of drug-likeness (QED) is 0.526. The minimum absolute atomic E-state index is 0.116. The van der Waals surface area contributed by atoms with Crippen LogP contribution in [0.25, 0.3) is 0 Å². The molecule has 3 aromatic carbocycles. The van der Waals surface area contributed by atoms with E-state index >= 15 is 0 Å². The van der Waals surface area contributed by atoms with Crippen LogP contribution in [0, 0.1) is 11.6 Å². The lowest BCUT2D eigenvalue weighted by atomic mass is 10.1. The smallest absolute Gasteiger partial charge is 0.324 e. The van der Waals surface area contributed by atoms with E-state index in [0.29, 0.717) is 4.31 Å². The van der Waals surface area contributed by atoms with Gasteiger partial charge >= 0.3 is 6.18 Å². The van der Waals surface area contributed by atoms with Crippen molar-refractivity contribution in [2.45, 2.75) is 11.1 Å². The van der Waals surface area contributed by atoms with Crippen LogP contribution in [0.15, 0.2) is 77.7 Å². The molecule has 0 heterocycles. The van der Waals surface area contributed by atoms with E-state index in [9.17, 15) is 35.2 Å². The van der Waals surface area contributed by atoms with Crippen molar-refractivity contribution in [2.75, 3.05) is 16.2 Å². The Morgan fingerprint density at radius 3 is 1.94 bits per heavy atom. The second kappa shape index (κ2) is 8.95. The predicted molar refractivity (Wildman–Crippen MR) is 107 cm³/mol. The molecule has 32 heavy (non-hydrogen) atoms. The summed E-state index contributed by atoms with van der Waals surface area (Å²) in [5.41, 5.74) is -1.78. The third kappa shape index (κ3) is 5.22. The predicted octanol–water partition coefficient (Wildman–Crippen LogP) is 4.82. The maximum atomic E-state index is 13.3. The fraction of sp³-hybridized carbons (Fsp3) is 0.0952. The summed E-state index contributed by atoms with van der Waals surface area (Å²) in [4.78, 5) is 12.2. The van der Waals surface area contributed by atoms with Gasteiger partial charge in [-0.05, 0) is 60.7 Å². The highest BCUT2D eigenvalue weighted by atomic mass is 32.2. The lowest BCUT2D eigenvalue weighted by Gasteiger charge is -2.24. The number of hydrogen-bond acceptors (Lipinski definition) is 3. The number of benzene rings is 3. The number of sulfonamides is 1. The average Bonchev–Trinajstić information content (AvgIpc) is 2.72. The molecule has 0 aliphatic carbocycles. The van der Waals surface area contributed by atoms with E-state index in [1.54, 1.807) is 0 Å². The summed E-state index contributed by atoms with van der Waals surface area (Å²) in [5.74, 6) is -2.44. The maximum Gasteiger partial charge on any atom is 0.418 e. The number of nitrogens with one attached hydrogen (secondary N) is 1. The standard InChI is InChI=1S/C21H15F5N2O3S/c22-14-5-9-16(10-6-14)28(32(30,31)17-11-7-15(23)8-12-17)13-20(29)27-19-4-2-1-3-18(19)21(24,25)26/h1-12H,13H2,(H,27,29). The molecule has 0 spiro atoms. The molecule has 0 saturated carbocycles. The topological polar surface area (TPSA) is 66.5 Å². The SMILES string of the molecule is O=C(CN(c1ccc(F)cc1)S(=O)(=O)c1ccc(F)cc1)Nc1ccccc1C(F)(F)F. The number of rotatable bonds is 6. The van der Waals surface area contributed by atoms with Crippen LogP contribution < -0.4 is 9.62 Å². The molecule has 0 aliphatic heterocycles. The van der Waals surface area contributed by atoms with Crippen molar-refractivity contribution in [3.63, 3.8) is 0 Å². The second-order valence-electron chi connectivity index (χ2n) is 6.53. The van der Waals surface area contributed by atoms with E-state index < -0.39 is 51.5 Å². The summed E-state index contributed by atoms with van der Waals surface area (Å²) >= 11 is 0.